The minimum Gasteiger partial charge on any atom is -0.372 e. The van der Waals surface area contributed by atoms with Crippen molar-refractivity contribution >= 4 is 34.7 Å². The maximum Gasteiger partial charge on any atom is 0.293 e. The maximum absolute atomic E-state index is 13.8. The normalized spacial score (nSPS) is 15.7. The van der Waals surface area contributed by atoms with Crippen molar-refractivity contribution in [3.8, 4) is 0 Å². The summed E-state index contributed by atoms with van der Waals surface area (Å²) in [6.45, 7) is 5.98. The molecule has 2 amide bonds. The SMILES string of the molecule is CCN(CC)c1ccc(/C=C2/SC(=O)N(Cc3ccccc3F)C2=O)cc1. The van der Waals surface area contributed by atoms with Gasteiger partial charge in [-0.3, -0.25) is 14.5 Å². The lowest BCUT2D eigenvalue weighted by molar-refractivity contribution is -0.123. The molecule has 1 saturated heterocycles. The highest BCUT2D eigenvalue weighted by molar-refractivity contribution is 8.18. The van der Waals surface area contributed by atoms with Gasteiger partial charge >= 0.3 is 0 Å². The van der Waals surface area contributed by atoms with Crippen LogP contribution in [-0.2, 0) is 11.3 Å². The number of anilines is 1. The van der Waals surface area contributed by atoms with E-state index in [-0.39, 0.29) is 17.7 Å². The van der Waals surface area contributed by atoms with Crippen molar-refractivity contribution in [1.82, 2.24) is 4.90 Å². The number of halogens is 1. The molecule has 0 unspecified atom stereocenters. The fraction of sp³-hybridized carbons (Fsp3) is 0.238. The van der Waals surface area contributed by atoms with Crippen molar-refractivity contribution in [1.29, 1.82) is 0 Å². The molecule has 4 nitrogen and oxygen atoms in total. The number of imide groups is 1. The first-order valence-electron chi connectivity index (χ1n) is 8.87. The zero-order chi connectivity index (χ0) is 19.4. The summed E-state index contributed by atoms with van der Waals surface area (Å²) in [5.41, 5.74) is 2.29. The lowest BCUT2D eigenvalue weighted by Crippen LogP contribution is -2.27. The van der Waals surface area contributed by atoms with Crippen LogP contribution in [0, 0.1) is 5.82 Å². The van der Waals surface area contributed by atoms with Crippen molar-refractivity contribution in [2.24, 2.45) is 0 Å². The van der Waals surface area contributed by atoms with Gasteiger partial charge < -0.3 is 4.90 Å². The molecule has 1 aliphatic rings. The first-order valence-corrected chi connectivity index (χ1v) is 9.69. The van der Waals surface area contributed by atoms with Crippen LogP contribution in [0.5, 0.6) is 0 Å². The van der Waals surface area contributed by atoms with Gasteiger partial charge in [-0.25, -0.2) is 4.39 Å². The van der Waals surface area contributed by atoms with Gasteiger partial charge in [-0.2, -0.15) is 0 Å². The van der Waals surface area contributed by atoms with E-state index in [1.165, 1.54) is 6.07 Å². The second-order valence-electron chi connectivity index (χ2n) is 6.12. The second kappa shape index (κ2) is 8.39. The van der Waals surface area contributed by atoms with E-state index >= 15 is 0 Å². The summed E-state index contributed by atoms with van der Waals surface area (Å²) in [5.74, 6) is -0.811. The Balaban J connectivity index is 1.77. The predicted octanol–water partition coefficient (Wildman–Crippen LogP) is 4.91. The molecule has 27 heavy (non-hydrogen) atoms. The Morgan fingerprint density at radius 1 is 1.04 bits per heavy atom. The summed E-state index contributed by atoms with van der Waals surface area (Å²) >= 11 is 0.887. The molecule has 0 spiro atoms. The Kier molecular flexibility index (Phi) is 5.96. The minimum absolute atomic E-state index is 0.0599. The summed E-state index contributed by atoms with van der Waals surface area (Å²) in [7, 11) is 0. The zero-order valence-corrected chi connectivity index (χ0v) is 16.1. The van der Waals surface area contributed by atoms with Crippen molar-refractivity contribution in [2.45, 2.75) is 20.4 Å². The third kappa shape index (κ3) is 4.22. The van der Waals surface area contributed by atoms with E-state index in [2.05, 4.69) is 18.7 Å². The molecular weight excluding hydrogens is 363 g/mol. The summed E-state index contributed by atoms with van der Waals surface area (Å²) in [5, 5.41) is -0.380. The van der Waals surface area contributed by atoms with Crippen molar-refractivity contribution in [3.05, 3.63) is 70.4 Å². The van der Waals surface area contributed by atoms with Crippen LogP contribution in [0.4, 0.5) is 14.9 Å². The van der Waals surface area contributed by atoms with Crippen LogP contribution in [-0.4, -0.2) is 29.1 Å². The number of rotatable bonds is 6. The average molecular weight is 384 g/mol. The maximum atomic E-state index is 13.8. The summed E-state index contributed by atoms with van der Waals surface area (Å²) in [6.07, 6.45) is 1.71. The summed E-state index contributed by atoms with van der Waals surface area (Å²) in [6, 6.07) is 14.0. The van der Waals surface area contributed by atoms with Gasteiger partial charge in [-0.05, 0) is 55.4 Å². The summed E-state index contributed by atoms with van der Waals surface area (Å²) in [4.78, 5) is 28.5. The average Bonchev–Trinajstić information content (AvgIpc) is 2.93. The number of hydrogen-bond acceptors (Lipinski definition) is 4. The van der Waals surface area contributed by atoms with Crippen molar-refractivity contribution < 1.29 is 14.0 Å². The standard InChI is InChI=1S/C21H21FN2O2S/c1-3-23(4-2)17-11-9-15(10-12-17)13-19-20(25)24(21(26)27-19)14-16-7-5-6-8-18(16)22/h5-13H,3-4,14H2,1-2H3/b19-13+. The molecule has 0 N–H and O–H groups in total. The van der Waals surface area contributed by atoms with Crippen LogP contribution in [0.1, 0.15) is 25.0 Å². The quantitative estimate of drug-likeness (QED) is 0.664. The van der Waals surface area contributed by atoms with Gasteiger partial charge in [0.1, 0.15) is 5.82 Å². The van der Waals surface area contributed by atoms with E-state index in [4.69, 9.17) is 0 Å². The van der Waals surface area contributed by atoms with Crippen molar-refractivity contribution in [2.75, 3.05) is 18.0 Å². The highest BCUT2D eigenvalue weighted by Crippen LogP contribution is 2.33. The van der Waals surface area contributed by atoms with Gasteiger partial charge in [0.15, 0.2) is 0 Å². The lowest BCUT2D eigenvalue weighted by Gasteiger charge is -2.20. The molecule has 1 heterocycles. The molecule has 1 aliphatic heterocycles. The van der Waals surface area contributed by atoms with E-state index in [1.807, 2.05) is 24.3 Å². The van der Waals surface area contributed by atoms with Crippen LogP contribution >= 0.6 is 11.8 Å². The topological polar surface area (TPSA) is 40.6 Å². The Bertz CT molecular complexity index is 876. The molecule has 2 aromatic carbocycles. The van der Waals surface area contributed by atoms with E-state index in [1.54, 1.807) is 24.3 Å². The highest BCUT2D eigenvalue weighted by Gasteiger charge is 2.35. The number of benzene rings is 2. The van der Waals surface area contributed by atoms with Crippen LogP contribution in [0.2, 0.25) is 0 Å². The molecule has 6 heteroatoms. The van der Waals surface area contributed by atoms with Crippen LogP contribution < -0.4 is 4.90 Å². The summed E-state index contributed by atoms with van der Waals surface area (Å²) < 4.78 is 13.8. The van der Waals surface area contributed by atoms with Gasteiger partial charge in [0.25, 0.3) is 11.1 Å². The Morgan fingerprint density at radius 3 is 2.33 bits per heavy atom. The second-order valence-corrected chi connectivity index (χ2v) is 7.12. The molecule has 3 rings (SSSR count). The fourth-order valence-corrected chi connectivity index (χ4v) is 3.79. The van der Waals surface area contributed by atoms with E-state index in [0.717, 1.165) is 41.0 Å². The minimum atomic E-state index is -0.424. The third-order valence-electron chi connectivity index (χ3n) is 4.48. The Hall–Kier alpha value is -2.60. The van der Waals surface area contributed by atoms with Crippen LogP contribution in [0.15, 0.2) is 53.4 Å². The van der Waals surface area contributed by atoms with Gasteiger partial charge in [0, 0.05) is 24.3 Å². The molecule has 0 bridgehead atoms. The van der Waals surface area contributed by atoms with Crippen LogP contribution in [0.25, 0.3) is 6.08 Å². The third-order valence-corrected chi connectivity index (χ3v) is 5.39. The number of amides is 2. The molecule has 0 atom stereocenters. The van der Waals surface area contributed by atoms with Crippen molar-refractivity contribution in [3.63, 3.8) is 0 Å². The fourth-order valence-electron chi connectivity index (χ4n) is 2.95. The number of thioether (sulfide) groups is 1. The molecule has 1 fully saturated rings. The number of carbonyl (C=O) groups excluding carboxylic acids is 2. The lowest BCUT2D eigenvalue weighted by atomic mass is 10.1. The molecule has 0 saturated carbocycles. The van der Waals surface area contributed by atoms with E-state index < -0.39 is 5.82 Å². The molecule has 0 radical (unpaired) electrons. The zero-order valence-electron chi connectivity index (χ0n) is 15.3. The first kappa shape index (κ1) is 19.2. The predicted molar refractivity (Wildman–Crippen MR) is 108 cm³/mol. The number of hydrogen-bond donors (Lipinski definition) is 0. The largest absolute Gasteiger partial charge is 0.372 e. The van der Waals surface area contributed by atoms with Gasteiger partial charge in [-0.15, -0.1) is 0 Å². The van der Waals surface area contributed by atoms with E-state index in [0.29, 0.717) is 10.5 Å². The Labute approximate surface area is 162 Å². The smallest absolute Gasteiger partial charge is 0.293 e. The van der Waals surface area contributed by atoms with Crippen LogP contribution in [0.3, 0.4) is 0 Å². The van der Waals surface area contributed by atoms with Gasteiger partial charge in [-0.1, -0.05) is 30.3 Å². The molecule has 0 aliphatic carbocycles. The molecule has 140 valence electrons. The molecule has 2 aromatic rings. The number of carbonyl (C=O) groups is 2. The number of nitrogens with zero attached hydrogens (tertiary/aromatic N) is 2. The highest BCUT2D eigenvalue weighted by atomic mass is 32.2. The monoisotopic (exact) mass is 384 g/mol. The first-order chi connectivity index (χ1) is 13.0. The Morgan fingerprint density at radius 2 is 1.70 bits per heavy atom. The van der Waals surface area contributed by atoms with E-state index in [9.17, 15) is 14.0 Å². The molecule has 0 aromatic heterocycles. The van der Waals surface area contributed by atoms with Gasteiger partial charge in [0.05, 0.1) is 11.4 Å². The van der Waals surface area contributed by atoms with Gasteiger partial charge in [0.2, 0.25) is 0 Å². The molecular formula is C21H21FN2O2S.